The molecule has 4 rings (SSSR count). The highest BCUT2D eigenvalue weighted by atomic mass is 35.5. The molecule has 6 heteroatoms. The first-order valence-corrected chi connectivity index (χ1v) is 10.9. The van der Waals surface area contributed by atoms with Gasteiger partial charge in [0.1, 0.15) is 12.4 Å². The van der Waals surface area contributed by atoms with Crippen LogP contribution in [0.2, 0.25) is 5.02 Å². The molecule has 5 nitrogen and oxygen atoms in total. The molecule has 32 heavy (non-hydrogen) atoms. The van der Waals surface area contributed by atoms with E-state index in [-0.39, 0.29) is 17.7 Å². The third kappa shape index (κ3) is 4.94. The number of hydrogen-bond acceptors (Lipinski definition) is 3. The molecule has 2 amide bonds. The molecule has 0 fully saturated rings. The van der Waals surface area contributed by atoms with Gasteiger partial charge in [0.15, 0.2) is 0 Å². The van der Waals surface area contributed by atoms with Crippen LogP contribution in [0.25, 0.3) is 0 Å². The fourth-order valence-corrected chi connectivity index (χ4v) is 3.88. The van der Waals surface area contributed by atoms with Crippen molar-refractivity contribution < 1.29 is 14.3 Å². The lowest BCUT2D eigenvalue weighted by molar-refractivity contribution is -0.126. The highest BCUT2D eigenvalue weighted by Crippen LogP contribution is 2.30. The highest BCUT2D eigenvalue weighted by molar-refractivity contribution is 6.31. The van der Waals surface area contributed by atoms with Crippen LogP contribution in [0.15, 0.2) is 60.7 Å². The number of ether oxygens (including phenoxy) is 1. The van der Waals surface area contributed by atoms with Gasteiger partial charge in [-0.05, 0) is 78.9 Å². The zero-order valence-electron chi connectivity index (χ0n) is 18.1. The van der Waals surface area contributed by atoms with Crippen LogP contribution in [-0.4, -0.2) is 18.4 Å². The van der Waals surface area contributed by atoms with Crippen LogP contribution in [0.4, 0.5) is 5.69 Å². The summed E-state index contributed by atoms with van der Waals surface area (Å²) in [6.45, 7) is 4.72. The van der Waals surface area contributed by atoms with Crippen molar-refractivity contribution in [3.63, 3.8) is 0 Å². The summed E-state index contributed by atoms with van der Waals surface area (Å²) in [6, 6.07) is 18.7. The number of carbonyl (C=O) groups excluding carboxylic acids is 2. The van der Waals surface area contributed by atoms with Crippen LogP contribution in [0.5, 0.6) is 5.75 Å². The Morgan fingerprint density at radius 2 is 1.84 bits per heavy atom. The number of anilines is 1. The van der Waals surface area contributed by atoms with E-state index in [1.54, 1.807) is 24.3 Å². The Hall–Kier alpha value is -3.31. The van der Waals surface area contributed by atoms with Crippen LogP contribution in [0.3, 0.4) is 0 Å². The van der Waals surface area contributed by atoms with Crippen molar-refractivity contribution in [2.45, 2.75) is 26.8 Å². The lowest BCUT2D eigenvalue weighted by atomic mass is 9.95. The zero-order chi connectivity index (χ0) is 22.7. The van der Waals surface area contributed by atoms with Crippen molar-refractivity contribution in [3.05, 3.63) is 93.5 Å². The average Bonchev–Trinajstić information content (AvgIpc) is 2.79. The number of aryl methyl sites for hydroxylation is 2. The van der Waals surface area contributed by atoms with Gasteiger partial charge < -0.3 is 15.4 Å². The SMILES string of the molecule is Cc1cc(C(=O)Nc2ccc3c(c2)CC(C(=O)NCc2ccccc2C)CO3)ccc1Cl. The van der Waals surface area contributed by atoms with Gasteiger partial charge in [0.05, 0.1) is 5.92 Å². The van der Waals surface area contributed by atoms with E-state index in [0.717, 1.165) is 28.0 Å². The highest BCUT2D eigenvalue weighted by Gasteiger charge is 2.26. The number of rotatable bonds is 5. The summed E-state index contributed by atoms with van der Waals surface area (Å²) < 4.78 is 5.82. The van der Waals surface area contributed by atoms with Gasteiger partial charge in [0, 0.05) is 22.8 Å². The summed E-state index contributed by atoms with van der Waals surface area (Å²) in [7, 11) is 0. The van der Waals surface area contributed by atoms with Gasteiger partial charge >= 0.3 is 0 Å². The van der Waals surface area contributed by atoms with Gasteiger partial charge in [-0.2, -0.15) is 0 Å². The topological polar surface area (TPSA) is 67.4 Å². The Balaban J connectivity index is 1.41. The Bertz CT molecular complexity index is 1180. The Labute approximate surface area is 192 Å². The summed E-state index contributed by atoms with van der Waals surface area (Å²) in [5.74, 6) is 0.212. The molecule has 2 N–H and O–H groups in total. The molecule has 0 radical (unpaired) electrons. The van der Waals surface area contributed by atoms with Gasteiger partial charge in [0.25, 0.3) is 5.91 Å². The quantitative estimate of drug-likeness (QED) is 0.572. The molecule has 0 saturated carbocycles. The van der Waals surface area contributed by atoms with Crippen LogP contribution in [0.1, 0.15) is 32.6 Å². The fourth-order valence-electron chi connectivity index (χ4n) is 3.76. The average molecular weight is 449 g/mol. The van der Waals surface area contributed by atoms with E-state index in [1.807, 2.05) is 50.2 Å². The first kappa shape index (κ1) is 21.9. The molecule has 1 aliphatic heterocycles. The van der Waals surface area contributed by atoms with E-state index >= 15 is 0 Å². The van der Waals surface area contributed by atoms with Gasteiger partial charge in [-0.25, -0.2) is 0 Å². The maximum absolute atomic E-state index is 12.7. The maximum Gasteiger partial charge on any atom is 0.255 e. The minimum absolute atomic E-state index is 0.0371. The molecule has 1 heterocycles. The molecule has 164 valence electrons. The van der Waals surface area contributed by atoms with Gasteiger partial charge in [-0.1, -0.05) is 35.9 Å². The predicted molar refractivity (Wildman–Crippen MR) is 126 cm³/mol. The Kier molecular flexibility index (Phi) is 6.47. The van der Waals surface area contributed by atoms with E-state index in [0.29, 0.717) is 35.8 Å². The number of halogens is 1. The second-order valence-corrected chi connectivity index (χ2v) is 8.50. The van der Waals surface area contributed by atoms with Crippen molar-refractivity contribution in [1.29, 1.82) is 0 Å². The van der Waals surface area contributed by atoms with E-state index in [4.69, 9.17) is 16.3 Å². The summed E-state index contributed by atoms with van der Waals surface area (Å²) in [5, 5.41) is 6.56. The third-order valence-corrected chi connectivity index (χ3v) is 6.15. The molecule has 3 aromatic rings. The first-order valence-electron chi connectivity index (χ1n) is 10.6. The number of hydrogen-bond donors (Lipinski definition) is 2. The van der Waals surface area contributed by atoms with Crippen LogP contribution < -0.4 is 15.4 Å². The molecule has 0 aliphatic carbocycles. The van der Waals surface area contributed by atoms with E-state index in [9.17, 15) is 9.59 Å². The molecule has 0 aromatic heterocycles. The Morgan fingerprint density at radius 1 is 1.03 bits per heavy atom. The first-order chi connectivity index (χ1) is 15.4. The normalized spacial score (nSPS) is 14.8. The molecule has 0 spiro atoms. The molecule has 1 atom stereocenters. The van der Waals surface area contributed by atoms with Gasteiger partial charge in [0.2, 0.25) is 5.91 Å². The van der Waals surface area contributed by atoms with Crippen LogP contribution in [0, 0.1) is 19.8 Å². The molecular weight excluding hydrogens is 424 g/mol. The minimum atomic E-state index is -0.281. The smallest absolute Gasteiger partial charge is 0.255 e. The number of nitrogens with one attached hydrogen (secondary N) is 2. The molecule has 0 saturated heterocycles. The number of carbonyl (C=O) groups is 2. The largest absolute Gasteiger partial charge is 0.492 e. The lowest BCUT2D eigenvalue weighted by Crippen LogP contribution is -2.37. The molecule has 1 aliphatic rings. The van der Waals surface area contributed by atoms with E-state index in [1.165, 1.54) is 0 Å². The van der Waals surface area contributed by atoms with Crippen LogP contribution >= 0.6 is 11.6 Å². The standard InChI is InChI=1S/C26H25ClN2O3/c1-16-5-3-4-6-19(16)14-28-25(30)21-12-20-13-22(8-10-24(20)32-15-21)29-26(31)18-7-9-23(27)17(2)11-18/h3-11,13,21H,12,14-15H2,1-2H3,(H,28,30)(H,29,31). The summed E-state index contributed by atoms with van der Waals surface area (Å²) in [6.07, 6.45) is 0.554. The molecular formula is C26H25ClN2O3. The molecule has 1 unspecified atom stereocenters. The van der Waals surface area contributed by atoms with Crippen molar-refractivity contribution >= 4 is 29.1 Å². The van der Waals surface area contributed by atoms with Crippen molar-refractivity contribution in [2.24, 2.45) is 5.92 Å². The second kappa shape index (κ2) is 9.45. The maximum atomic E-state index is 12.7. The third-order valence-electron chi connectivity index (χ3n) is 5.73. The number of fused-ring (bicyclic) bond motifs is 1. The number of benzene rings is 3. The lowest BCUT2D eigenvalue weighted by Gasteiger charge is -2.25. The number of amides is 2. The Morgan fingerprint density at radius 3 is 2.62 bits per heavy atom. The van der Waals surface area contributed by atoms with Crippen molar-refractivity contribution in [2.75, 3.05) is 11.9 Å². The summed E-state index contributed by atoms with van der Waals surface area (Å²) in [5.41, 5.74) is 5.19. The minimum Gasteiger partial charge on any atom is -0.492 e. The van der Waals surface area contributed by atoms with E-state index in [2.05, 4.69) is 10.6 Å². The van der Waals surface area contributed by atoms with Crippen molar-refractivity contribution in [3.8, 4) is 5.75 Å². The second-order valence-electron chi connectivity index (χ2n) is 8.10. The summed E-state index contributed by atoms with van der Waals surface area (Å²) >= 11 is 6.05. The molecule has 3 aromatic carbocycles. The molecule has 0 bridgehead atoms. The monoisotopic (exact) mass is 448 g/mol. The fraction of sp³-hybridized carbons (Fsp3) is 0.231. The van der Waals surface area contributed by atoms with E-state index < -0.39 is 0 Å². The van der Waals surface area contributed by atoms with Gasteiger partial charge in [-0.15, -0.1) is 0 Å². The summed E-state index contributed by atoms with van der Waals surface area (Å²) in [4.78, 5) is 25.3. The van der Waals surface area contributed by atoms with Crippen LogP contribution in [-0.2, 0) is 17.8 Å². The van der Waals surface area contributed by atoms with Crippen molar-refractivity contribution in [1.82, 2.24) is 5.32 Å². The zero-order valence-corrected chi connectivity index (χ0v) is 18.8. The van der Waals surface area contributed by atoms with Gasteiger partial charge in [-0.3, -0.25) is 9.59 Å². The predicted octanol–water partition coefficient (Wildman–Crippen LogP) is 5.08.